The second kappa shape index (κ2) is 5.14. The highest BCUT2D eigenvalue weighted by atomic mass is 35.5. The molecule has 1 aromatic carbocycles. The minimum Gasteiger partial charge on any atom is -0.408 e. The van der Waals surface area contributed by atoms with Crippen molar-refractivity contribution in [1.82, 2.24) is 10.2 Å². The Morgan fingerprint density at radius 3 is 2.94 bits per heavy atom. The first-order chi connectivity index (χ1) is 8.19. The van der Waals surface area contributed by atoms with E-state index in [1.54, 1.807) is 13.0 Å². The van der Waals surface area contributed by atoms with Crippen LogP contribution in [-0.4, -0.2) is 16.1 Å². The maximum absolute atomic E-state index is 12.9. The van der Waals surface area contributed by atoms with Gasteiger partial charge in [0.2, 0.25) is 5.89 Å². The van der Waals surface area contributed by atoms with Crippen molar-refractivity contribution in [3.63, 3.8) is 0 Å². The largest absolute Gasteiger partial charge is 0.408 e. The van der Waals surface area contributed by atoms with Gasteiger partial charge in [-0.1, -0.05) is 5.10 Å². The zero-order chi connectivity index (χ0) is 12.3. The van der Waals surface area contributed by atoms with E-state index in [4.69, 9.17) is 16.0 Å². The van der Waals surface area contributed by atoms with Crippen LogP contribution in [0.1, 0.15) is 11.5 Å². The van der Waals surface area contributed by atoms with Gasteiger partial charge < -0.3 is 9.73 Å². The highest BCUT2D eigenvalue weighted by Gasteiger charge is 2.07. The molecule has 90 valence electrons. The minimum absolute atomic E-state index is 0.276. The number of hydrogen-bond donors (Lipinski definition) is 1. The average Bonchev–Trinajstić information content (AvgIpc) is 2.71. The molecule has 17 heavy (non-hydrogen) atoms. The lowest BCUT2D eigenvalue weighted by atomic mass is 10.2. The fourth-order valence-corrected chi connectivity index (χ4v) is 1.53. The monoisotopic (exact) mass is 255 g/mol. The van der Waals surface area contributed by atoms with Crippen molar-refractivity contribution in [2.45, 2.75) is 13.3 Å². The lowest BCUT2D eigenvalue weighted by molar-refractivity contribution is 0.516. The fraction of sp³-hybridized carbons (Fsp3) is 0.273. The summed E-state index contributed by atoms with van der Waals surface area (Å²) in [5.74, 6) is 0.626. The van der Waals surface area contributed by atoms with Crippen LogP contribution >= 0.6 is 11.6 Å². The molecule has 0 saturated carbocycles. The summed E-state index contributed by atoms with van der Waals surface area (Å²) in [5, 5.41) is 10.6. The molecule has 1 N–H and O–H groups in total. The van der Waals surface area contributed by atoms with E-state index in [2.05, 4.69) is 15.5 Å². The second-order valence-electron chi connectivity index (χ2n) is 3.52. The van der Waals surface area contributed by atoms with E-state index in [1.807, 2.05) is 0 Å². The zero-order valence-corrected chi connectivity index (χ0v) is 9.96. The summed E-state index contributed by atoms with van der Waals surface area (Å²) < 4.78 is 18.2. The number of rotatable bonds is 4. The Hall–Kier alpha value is -1.62. The van der Waals surface area contributed by atoms with E-state index >= 15 is 0 Å². The number of hydrogen-bond acceptors (Lipinski definition) is 4. The van der Waals surface area contributed by atoms with Gasteiger partial charge in [-0.15, -0.1) is 16.7 Å². The van der Waals surface area contributed by atoms with Gasteiger partial charge in [0, 0.05) is 18.0 Å². The van der Waals surface area contributed by atoms with Crippen LogP contribution < -0.4 is 5.32 Å². The Kier molecular flexibility index (Phi) is 3.58. The molecule has 0 amide bonds. The number of anilines is 2. The van der Waals surface area contributed by atoms with Crippen molar-refractivity contribution in [3.05, 3.63) is 35.5 Å². The number of nitrogens with zero attached hydrogens (tertiary/aromatic N) is 2. The van der Waals surface area contributed by atoms with E-state index in [9.17, 15) is 4.39 Å². The van der Waals surface area contributed by atoms with Crippen LogP contribution in [0.3, 0.4) is 0 Å². The van der Waals surface area contributed by atoms with Crippen molar-refractivity contribution in [2.24, 2.45) is 0 Å². The van der Waals surface area contributed by atoms with Crippen LogP contribution in [-0.2, 0) is 6.42 Å². The van der Waals surface area contributed by atoms with Gasteiger partial charge in [0.1, 0.15) is 5.82 Å². The predicted octanol–water partition coefficient (Wildman–Crippen LogP) is 3.04. The van der Waals surface area contributed by atoms with Gasteiger partial charge in [-0.05, 0) is 30.7 Å². The van der Waals surface area contributed by atoms with E-state index in [1.165, 1.54) is 12.1 Å². The lowest BCUT2D eigenvalue weighted by Crippen LogP contribution is -1.93. The predicted molar refractivity (Wildman–Crippen MR) is 63.1 cm³/mol. The van der Waals surface area contributed by atoms with Crippen LogP contribution in [0.15, 0.2) is 22.6 Å². The average molecular weight is 256 g/mol. The third kappa shape index (κ3) is 2.94. The first kappa shape index (κ1) is 11.9. The van der Waals surface area contributed by atoms with E-state index in [-0.39, 0.29) is 11.8 Å². The molecule has 1 aromatic heterocycles. The Morgan fingerprint density at radius 1 is 1.41 bits per heavy atom. The Morgan fingerprint density at radius 2 is 2.24 bits per heavy atom. The topological polar surface area (TPSA) is 51.0 Å². The number of alkyl halides is 1. The molecule has 0 spiro atoms. The maximum Gasteiger partial charge on any atom is 0.320 e. The van der Waals surface area contributed by atoms with Gasteiger partial charge in [0.25, 0.3) is 0 Å². The number of nitrogens with one attached hydrogen (secondary N) is 1. The zero-order valence-electron chi connectivity index (χ0n) is 9.20. The third-order valence-electron chi connectivity index (χ3n) is 2.21. The van der Waals surface area contributed by atoms with Crippen molar-refractivity contribution >= 4 is 23.3 Å². The summed E-state index contributed by atoms with van der Waals surface area (Å²) in [6.07, 6.45) is 0.526. The van der Waals surface area contributed by atoms with E-state index in [0.717, 1.165) is 11.3 Å². The van der Waals surface area contributed by atoms with Crippen LogP contribution in [0.2, 0.25) is 0 Å². The lowest BCUT2D eigenvalue weighted by Gasteiger charge is -2.04. The maximum atomic E-state index is 12.9. The molecular formula is C11H11ClFN3O. The van der Waals surface area contributed by atoms with E-state index < -0.39 is 0 Å². The Labute approximate surface area is 103 Å². The van der Waals surface area contributed by atoms with E-state index in [0.29, 0.717) is 18.2 Å². The van der Waals surface area contributed by atoms with Crippen LogP contribution in [0.25, 0.3) is 0 Å². The van der Waals surface area contributed by atoms with Crippen molar-refractivity contribution in [2.75, 3.05) is 11.2 Å². The second-order valence-corrected chi connectivity index (χ2v) is 3.90. The van der Waals surface area contributed by atoms with Crippen molar-refractivity contribution < 1.29 is 8.81 Å². The first-order valence-corrected chi connectivity index (χ1v) is 5.64. The Bertz CT molecular complexity index is 515. The molecular weight excluding hydrogens is 245 g/mol. The molecule has 4 nitrogen and oxygen atoms in total. The summed E-state index contributed by atoms with van der Waals surface area (Å²) in [6, 6.07) is 4.69. The van der Waals surface area contributed by atoms with Gasteiger partial charge in [-0.3, -0.25) is 0 Å². The summed E-state index contributed by atoms with van der Waals surface area (Å²) in [4.78, 5) is 0. The minimum atomic E-state index is -0.276. The summed E-state index contributed by atoms with van der Waals surface area (Å²) in [6.45, 7) is 1.79. The standard InChI is InChI=1S/C11H11ClFN3O/c1-7-6-8(13)2-3-9(7)14-11-16-15-10(17-11)4-5-12/h2-3,6H,4-5H2,1H3,(H,14,16). The van der Waals surface area contributed by atoms with Gasteiger partial charge in [0.05, 0.1) is 0 Å². The van der Waals surface area contributed by atoms with Crippen LogP contribution in [0.5, 0.6) is 0 Å². The first-order valence-electron chi connectivity index (χ1n) is 5.10. The molecule has 0 saturated heterocycles. The summed E-state index contributed by atoms with van der Waals surface area (Å²) in [7, 11) is 0. The smallest absolute Gasteiger partial charge is 0.320 e. The van der Waals surface area contributed by atoms with Crippen LogP contribution in [0.4, 0.5) is 16.1 Å². The number of benzene rings is 1. The highest BCUT2D eigenvalue weighted by Crippen LogP contribution is 2.20. The molecule has 0 bridgehead atoms. The molecule has 2 rings (SSSR count). The molecule has 1 heterocycles. The third-order valence-corrected chi connectivity index (χ3v) is 2.39. The SMILES string of the molecule is Cc1cc(F)ccc1Nc1nnc(CCCl)o1. The molecule has 0 radical (unpaired) electrons. The summed E-state index contributed by atoms with van der Waals surface area (Å²) >= 11 is 5.56. The quantitative estimate of drug-likeness (QED) is 0.853. The molecule has 0 atom stereocenters. The normalized spacial score (nSPS) is 10.5. The molecule has 6 heteroatoms. The summed E-state index contributed by atoms with van der Waals surface area (Å²) in [5.41, 5.74) is 1.49. The molecule has 2 aromatic rings. The van der Waals surface area contributed by atoms with Gasteiger partial charge in [-0.25, -0.2) is 4.39 Å². The van der Waals surface area contributed by atoms with Crippen molar-refractivity contribution in [1.29, 1.82) is 0 Å². The Balaban J connectivity index is 2.13. The fourth-order valence-electron chi connectivity index (χ4n) is 1.37. The molecule has 0 aliphatic heterocycles. The van der Waals surface area contributed by atoms with Crippen LogP contribution in [0, 0.1) is 12.7 Å². The van der Waals surface area contributed by atoms with Gasteiger partial charge in [0.15, 0.2) is 0 Å². The molecule has 0 aliphatic carbocycles. The molecule has 0 fully saturated rings. The number of aryl methyl sites for hydroxylation is 2. The highest BCUT2D eigenvalue weighted by molar-refractivity contribution is 6.17. The number of aromatic nitrogens is 2. The van der Waals surface area contributed by atoms with Gasteiger partial charge in [-0.2, -0.15) is 0 Å². The number of halogens is 2. The molecule has 0 unspecified atom stereocenters. The molecule has 0 aliphatic rings. The van der Waals surface area contributed by atoms with Gasteiger partial charge >= 0.3 is 6.01 Å². The van der Waals surface area contributed by atoms with Crippen molar-refractivity contribution in [3.8, 4) is 0 Å².